The summed E-state index contributed by atoms with van der Waals surface area (Å²) in [6.07, 6.45) is 5.73. The van der Waals surface area contributed by atoms with Gasteiger partial charge in [-0.15, -0.1) is 24.0 Å². The van der Waals surface area contributed by atoms with Gasteiger partial charge in [0, 0.05) is 39.4 Å². The maximum atomic E-state index is 5.27. The molecule has 28 heavy (non-hydrogen) atoms. The Bertz CT molecular complexity index is 762. The first-order valence-corrected chi connectivity index (χ1v) is 9.56. The lowest BCUT2D eigenvalue weighted by Crippen LogP contribution is -2.36. The zero-order valence-electron chi connectivity index (χ0n) is 16.6. The number of ether oxygens (including phenoxy) is 1. The molecule has 0 radical (unpaired) electrons. The second-order valence-electron chi connectivity index (χ2n) is 6.70. The van der Waals surface area contributed by atoms with E-state index in [1.165, 1.54) is 24.8 Å². The van der Waals surface area contributed by atoms with Gasteiger partial charge in [-0.3, -0.25) is 4.99 Å². The Morgan fingerprint density at radius 1 is 1.07 bits per heavy atom. The first-order valence-electron chi connectivity index (χ1n) is 9.56. The van der Waals surface area contributed by atoms with Crippen molar-refractivity contribution < 1.29 is 4.74 Å². The lowest BCUT2D eigenvalue weighted by Gasteiger charge is -2.28. The molecule has 0 saturated carbocycles. The Morgan fingerprint density at radius 3 is 2.46 bits per heavy atom. The average Bonchev–Trinajstić information content (AvgIpc) is 2.75. The van der Waals surface area contributed by atoms with Gasteiger partial charge in [0.25, 0.3) is 0 Å². The summed E-state index contributed by atoms with van der Waals surface area (Å²) in [6.45, 7) is 3.61. The molecule has 0 atom stereocenters. The molecule has 0 bridgehead atoms. The summed E-state index contributed by atoms with van der Waals surface area (Å²) in [5.74, 6) is 2.71. The van der Waals surface area contributed by atoms with Crippen molar-refractivity contribution in [1.82, 2.24) is 15.6 Å². The second kappa shape index (κ2) is 11.7. The van der Waals surface area contributed by atoms with E-state index in [9.17, 15) is 0 Å². The number of aliphatic imine (C=N–C) groups is 1. The van der Waals surface area contributed by atoms with Crippen molar-refractivity contribution in [1.29, 1.82) is 0 Å². The van der Waals surface area contributed by atoms with E-state index in [4.69, 9.17) is 4.74 Å². The summed E-state index contributed by atoms with van der Waals surface area (Å²) in [4.78, 5) is 11.2. The summed E-state index contributed by atoms with van der Waals surface area (Å²) in [5.41, 5.74) is 2.35. The van der Waals surface area contributed by atoms with Gasteiger partial charge in [0.05, 0.1) is 7.11 Å². The number of hydrogen-bond donors (Lipinski definition) is 2. The van der Waals surface area contributed by atoms with Gasteiger partial charge in [0.15, 0.2) is 5.96 Å². The highest BCUT2D eigenvalue weighted by atomic mass is 127. The van der Waals surface area contributed by atoms with Crippen LogP contribution in [0, 0.1) is 0 Å². The van der Waals surface area contributed by atoms with E-state index in [1.807, 2.05) is 24.4 Å². The SMILES string of the molecule is CN=C(NCc1cccc(OC)c1)NCc1ccnc(N2CCCCC2)c1.I. The number of benzene rings is 1. The van der Waals surface area contributed by atoms with Crippen LogP contribution in [-0.4, -0.2) is 38.2 Å². The molecule has 3 rings (SSSR count). The molecule has 1 aromatic heterocycles. The van der Waals surface area contributed by atoms with Crippen molar-refractivity contribution in [2.45, 2.75) is 32.4 Å². The summed E-state index contributed by atoms with van der Waals surface area (Å²) in [5, 5.41) is 6.72. The molecule has 2 aromatic rings. The third-order valence-corrected chi connectivity index (χ3v) is 4.77. The van der Waals surface area contributed by atoms with Crippen molar-refractivity contribution in [3.05, 3.63) is 53.7 Å². The smallest absolute Gasteiger partial charge is 0.191 e. The van der Waals surface area contributed by atoms with Crippen molar-refractivity contribution in [2.24, 2.45) is 4.99 Å². The summed E-state index contributed by atoms with van der Waals surface area (Å²) in [6, 6.07) is 12.2. The van der Waals surface area contributed by atoms with Crippen LogP contribution in [0.2, 0.25) is 0 Å². The number of guanidine groups is 1. The predicted octanol–water partition coefficient (Wildman–Crippen LogP) is 3.56. The lowest BCUT2D eigenvalue weighted by molar-refractivity contribution is 0.414. The molecule has 0 unspecified atom stereocenters. The Hall–Kier alpha value is -2.03. The zero-order valence-corrected chi connectivity index (χ0v) is 19.0. The van der Waals surface area contributed by atoms with Crippen molar-refractivity contribution in [3.8, 4) is 5.75 Å². The molecule has 0 amide bonds. The van der Waals surface area contributed by atoms with E-state index in [-0.39, 0.29) is 24.0 Å². The fraction of sp³-hybridized carbons (Fsp3) is 0.429. The van der Waals surface area contributed by atoms with Gasteiger partial charge in [-0.05, 0) is 54.7 Å². The van der Waals surface area contributed by atoms with Gasteiger partial charge < -0.3 is 20.3 Å². The van der Waals surface area contributed by atoms with Gasteiger partial charge in [-0.1, -0.05) is 12.1 Å². The van der Waals surface area contributed by atoms with Gasteiger partial charge >= 0.3 is 0 Å². The lowest BCUT2D eigenvalue weighted by atomic mass is 10.1. The van der Waals surface area contributed by atoms with Crippen LogP contribution in [0.25, 0.3) is 0 Å². The summed E-state index contributed by atoms with van der Waals surface area (Å²) in [7, 11) is 3.46. The van der Waals surface area contributed by atoms with E-state index in [1.54, 1.807) is 14.2 Å². The van der Waals surface area contributed by atoms with Crippen LogP contribution in [0.4, 0.5) is 5.82 Å². The van der Waals surface area contributed by atoms with Crippen molar-refractivity contribution in [2.75, 3.05) is 32.1 Å². The number of aromatic nitrogens is 1. The van der Waals surface area contributed by atoms with E-state index < -0.39 is 0 Å². The fourth-order valence-corrected chi connectivity index (χ4v) is 3.24. The van der Waals surface area contributed by atoms with Crippen molar-refractivity contribution in [3.63, 3.8) is 0 Å². The Balaban J connectivity index is 0.00000280. The second-order valence-corrected chi connectivity index (χ2v) is 6.70. The molecule has 152 valence electrons. The minimum Gasteiger partial charge on any atom is -0.497 e. The molecule has 0 spiro atoms. The largest absolute Gasteiger partial charge is 0.497 e. The molecule has 1 aliphatic heterocycles. The molecule has 1 saturated heterocycles. The normalized spacial score (nSPS) is 14.2. The molecule has 6 nitrogen and oxygen atoms in total. The molecular weight excluding hydrogens is 465 g/mol. The topological polar surface area (TPSA) is 61.8 Å². The summed E-state index contributed by atoms with van der Waals surface area (Å²) < 4.78 is 5.27. The number of pyridine rings is 1. The molecular formula is C21H30IN5O. The van der Waals surface area contributed by atoms with Crippen LogP contribution in [0.3, 0.4) is 0 Å². The van der Waals surface area contributed by atoms with Crippen molar-refractivity contribution >= 4 is 35.8 Å². The molecule has 1 aromatic carbocycles. The highest BCUT2D eigenvalue weighted by molar-refractivity contribution is 14.0. The zero-order chi connectivity index (χ0) is 18.9. The number of nitrogens with zero attached hydrogens (tertiary/aromatic N) is 3. The Kier molecular flexibility index (Phi) is 9.33. The Morgan fingerprint density at radius 2 is 1.79 bits per heavy atom. The Labute approximate surface area is 184 Å². The van der Waals surface area contributed by atoms with Gasteiger partial charge in [-0.25, -0.2) is 4.98 Å². The van der Waals surface area contributed by atoms with E-state index >= 15 is 0 Å². The molecule has 1 aliphatic rings. The molecule has 0 aliphatic carbocycles. The van der Waals surface area contributed by atoms with Crippen LogP contribution in [0.1, 0.15) is 30.4 Å². The first kappa shape index (κ1) is 22.3. The first-order chi connectivity index (χ1) is 13.3. The van der Waals surface area contributed by atoms with Gasteiger partial charge in [0.2, 0.25) is 0 Å². The van der Waals surface area contributed by atoms with E-state index in [0.717, 1.165) is 36.2 Å². The van der Waals surface area contributed by atoms with Gasteiger partial charge in [-0.2, -0.15) is 0 Å². The highest BCUT2D eigenvalue weighted by Crippen LogP contribution is 2.18. The number of anilines is 1. The quantitative estimate of drug-likeness (QED) is 0.365. The number of methoxy groups -OCH3 is 1. The van der Waals surface area contributed by atoms with Crippen LogP contribution >= 0.6 is 24.0 Å². The third kappa shape index (κ3) is 6.54. The fourth-order valence-electron chi connectivity index (χ4n) is 3.24. The minimum absolute atomic E-state index is 0. The number of rotatable bonds is 6. The average molecular weight is 495 g/mol. The molecule has 7 heteroatoms. The number of piperidine rings is 1. The monoisotopic (exact) mass is 495 g/mol. The minimum atomic E-state index is 0. The number of hydrogen-bond acceptors (Lipinski definition) is 4. The van der Waals surface area contributed by atoms with Gasteiger partial charge in [0.1, 0.15) is 11.6 Å². The van der Waals surface area contributed by atoms with E-state index in [2.05, 4.69) is 43.7 Å². The molecule has 1 fully saturated rings. The standard InChI is InChI=1S/C21H29N5O.HI/c1-22-21(24-15-17-7-6-8-19(13-17)27-2)25-16-18-9-10-23-20(14-18)26-11-4-3-5-12-26;/h6-10,13-14H,3-5,11-12,15-16H2,1-2H3,(H2,22,24,25);1H. The van der Waals surface area contributed by atoms with Crippen LogP contribution in [0.5, 0.6) is 5.75 Å². The summed E-state index contributed by atoms with van der Waals surface area (Å²) >= 11 is 0. The third-order valence-electron chi connectivity index (χ3n) is 4.77. The highest BCUT2D eigenvalue weighted by Gasteiger charge is 2.12. The maximum absolute atomic E-state index is 5.27. The molecule has 2 heterocycles. The molecule has 2 N–H and O–H groups in total. The number of nitrogens with one attached hydrogen (secondary N) is 2. The maximum Gasteiger partial charge on any atom is 0.191 e. The van der Waals surface area contributed by atoms with E-state index in [0.29, 0.717) is 13.1 Å². The van der Waals surface area contributed by atoms with Crippen LogP contribution < -0.4 is 20.3 Å². The van der Waals surface area contributed by atoms with Crippen LogP contribution in [0.15, 0.2) is 47.6 Å². The number of halogens is 1. The van der Waals surface area contributed by atoms with Crippen LogP contribution in [-0.2, 0) is 13.1 Å². The predicted molar refractivity (Wildman–Crippen MR) is 126 cm³/mol.